The third-order valence-corrected chi connectivity index (χ3v) is 3.24. The van der Waals surface area contributed by atoms with Crippen LogP contribution in [0.5, 0.6) is 0 Å². The number of hydrogen-bond acceptors (Lipinski definition) is 5. The first-order chi connectivity index (χ1) is 7.65. The van der Waals surface area contributed by atoms with Gasteiger partial charge in [-0.15, -0.1) is 11.8 Å². The highest BCUT2D eigenvalue weighted by Gasteiger charge is 2.05. The molecule has 0 fully saturated rings. The minimum absolute atomic E-state index is 0.219. The predicted octanol–water partition coefficient (Wildman–Crippen LogP) is 1.94. The van der Waals surface area contributed by atoms with Crippen molar-refractivity contribution in [1.29, 1.82) is 0 Å². The van der Waals surface area contributed by atoms with E-state index in [4.69, 9.17) is 5.11 Å². The summed E-state index contributed by atoms with van der Waals surface area (Å²) in [6.45, 7) is 7.02. The zero-order chi connectivity index (χ0) is 12.0. The van der Waals surface area contributed by atoms with Gasteiger partial charge in [-0.05, 0) is 19.8 Å². The molecule has 16 heavy (non-hydrogen) atoms. The number of anilines is 1. The summed E-state index contributed by atoms with van der Waals surface area (Å²) < 4.78 is 0. The summed E-state index contributed by atoms with van der Waals surface area (Å²) >= 11 is 1.66. The molecule has 2 N–H and O–H groups in total. The first-order valence-corrected chi connectivity index (χ1v) is 6.47. The maximum atomic E-state index is 8.95. The number of nitrogens with zero attached hydrogens (tertiary/aromatic N) is 2. The molecule has 0 saturated heterocycles. The summed E-state index contributed by atoms with van der Waals surface area (Å²) in [4.78, 5) is 8.64. The second-order valence-electron chi connectivity index (χ2n) is 3.77. The lowest BCUT2D eigenvalue weighted by Crippen LogP contribution is -2.05. The number of aliphatic hydroxyl groups is 1. The van der Waals surface area contributed by atoms with Gasteiger partial charge < -0.3 is 10.4 Å². The van der Waals surface area contributed by atoms with Crippen molar-refractivity contribution in [3.63, 3.8) is 0 Å². The zero-order valence-corrected chi connectivity index (χ0v) is 10.8. The largest absolute Gasteiger partial charge is 0.396 e. The molecular weight excluding hydrogens is 222 g/mol. The average molecular weight is 241 g/mol. The highest BCUT2D eigenvalue weighted by atomic mass is 32.2. The number of nitrogens with one attached hydrogen (secondary N) is 1. The Kier molecular flexibility index (Phi) is 5.55. The van der Waals surface area contributed by atoms with Crippen molar-refractivity contribution >= 4 is 17.6 Å². The molecule has 0 aliphatic carbocycles. The Balaban J connectivity index is 2.64. The van der Waals surface area contributed by atoms with Gasteiger partial charge in [-0.2, -0.15) is 0 Å². The molecule has 5 heteroatoms. The van der Waals surface area contributed by atoms with E-state index in [0.717, 1.165) is 29.0 Å². The SMILES string of the molecule is CCNc1cc(SCC(C)CO)nc(C)n1. The number of thioether (sulfide) groups is 1. The van der Waals surface area contributed by atoms with Crippen LogP contribution in [0.25, 0.3) is 0 Å². The summed E-state index contributed by atoms with van der Waals surface area (Å²) in [6.07, 6.45) is 0. The number of hydrogen-bond donors (Lipinski definition) is 2. The zero-order valence-electron chi connectivity index (χ0n) is 10.0. The second-order valence-corrected chi connectivity index (χ2v) is 4.81. The first-order valence-electron chi connectivity index (χ1n) is 5.49. The molecule has 1 aromatic heterocycles. The van der Waals surface area contributed by atoms with Gasteiger partial charge in [0.2, 0.25) is 0 Å². The molecule has 0 aliphatic heterocycles. The van der Waals surface area contributed by atoms with Crippen LogP contribution in [0.2, 0.25) is 0 Å². The molecule has 0 radical (unpaired) electrons. The standard InChI is InChI=1S/C11H19N3OS/c1-4-12-10-5-11(14-9(3)13-10)16-7-8(2)6-15/h5,8,15H,4,6-7H2,1-3H3,(H,12,13,14). The van der Waals surface area contributed by atoms with Crippen LogP contribution >= 0.6 is 11.8 Å². The molecule has 1 unspecified atom stereocenters. The molecule has 1 aromatic rings. The Labute approximate surface area is 101 Å². The lowest BCUT2D eigenvalue weighted by molar-refractivity contribution is 0.250. The monoisotopic (exact) mass is 241 g/mol. The number of aromatic nitrogens is 2. The molecular formula is C11H19N3OS. The van der Waals surface area contributed by atoms with E-state index in [0.29, 0.717) is 5.92 Å². The number of aliphatic hydroxyl groups excluding tert-OH is 1. The van der Waals surface area contributed by atoms with Gasteiger partial charge in [0.1, 0.15) is 16.7 Å². The summed E-state index contributed by atoms with van der Waals surface area (Å²) in [5, 5.41) is 13.1. The molecule has 0 spiro atoms. The second kappa shape index (κ2) is 6.70. The average Bonchev–Trinajstić information content (AvgIpc) is 2.25. The van der Waals surface area contributed by atoms with Gasteiger partial charge >= 0.3 is 0 Å². The van der Waals surface area contributed by atoms with Crippen molar-refractivity contribution in [3.8, 4) is 0 Å². The van der Waals surface area contributed by atoms with Crippen molar-refractivity contribution in [1.82, 2.24) is 9.97 Å². The highest BCUT2D eigenvalue weighted by Crippen LogP contribution is 2.20. The summed E-state index contributed by atoms with van der Waals surface area (Å²) in [7, 11) is 0. The molecule has 0 amide bonds. The molecule has 0 saturated carbocycles. The smallest absolute Gasteiger partial charge is 0.130 e. The van der Waals surface area contributed by atoms with Crippen molar-refractivity contribution in [3.05, 3.63) is 11.9 Å². The van der Waals surface area contributed by atoms with Gasteiger partial charge in [0, 0.05) is 25.0 Å². The van der Waals surface area contributed by atoms with Gasteiger partial charge in [0.15, 0.2) is 0 Å². The number of aryl methyl sites for hydroxylation is 1. The molecule has 1 heterocycles. The van der Waals surface area contributed by atoms with E-state index >= 15 is 0 Å². The van der Waals surface area contributed by atoms with E-state index in [1.165, 1.54) is 0 Å². The molecule has 0 aromatic carbocycles. The summed E-state index contributed by atoms with van der Waals surface area (Å²) in [6, 6.07) is 1.95. The third kappa shape index (κ3) is 4.37. The highest BCUT2D eigenvalue weighted by molar-refractivity contribution is 7.99. The Hall–Kier alpha value is -0.810. The minimum atomic E-state index is 0.219. The van der Waals surface area contributed by atoms with Gasteiger partial charge in [-0.1, -0.05) is 6.92 Å². The third-order valence-electron chi connectivity index (χ3n) is 2.00. The van der Waals surface area contributed by atoms with E-state index < -0.39 is 0 Å². The van der Waals surface area contributed by atoms with Crippen LogP contribution in [-0.2, 0) is 0 Å². The van der Waals surface area contributed by atoms with E-state index in [2.05, 4.69) is 15.3 Å². The van der Waals surface area contributed by atoms with E-state index in [9.17, 15) is 0 Å². The van der Waals surface area contributed by atoms with Crippen LogP contribution in [-0.4, -0.2) is 34.0 Å². The Morgan fingerprint density at radius 1 is 1.50 bits per heavy atom. The summed E-state index contributed by atoms with van der Waals surface area (Å²) in [5.41, 5.74) is 0. The summed E-state index contributed by atoms with van der Waals surface area (Å²) in [5.74, 6) is 2.81. The van der Waals surface area contributed by atoms with Gasteiger partial charge in [-0.25, -0.2) is 9.97 Å². The molecule has 0 aliphatic rings. The first kappa shape index (κ1) is 13.3. The quantitative estimate of drug-likeness (QED) is 0.589. The molecule has 1 atom stereocenters. The lowest BCUT2D eigenvalue weighted by atomic mass is 10.2. The van der Waals surface area contributed by atoms with E-state index in [1.54, 1.807) is 11.8 Å². The fourth-order valence-electron chi connectivity index (χ4n) is 1.17. The normalized spacial score (nSPS) is 12.5. The number of rotatable bonds is 6. The fourth-order valence-corrected chi connectivity index (χ4v) is 2.12. The Morgan fingerprint density at radius 2 is 2.25 bits per heavy atom. The van der Waals surface area contributed by atoms with Crippen molar-refractivity contribution < 1.29 is 5.11 Å². The van der Waals surface area contributed by atoms with Crippen LogP contribution < -0.4 is 5.32 Å². The fraction of sp³-hybridized carbons (Fsp3) is 0.636. The molecule has 0 bridgehead atoms. The Bertz CT molecular complexity index is 333. The molecule has 4 nitrogen and oxygen atoms in total. The predicted molar refractivity (Wildman–Crippen MR) is 67.9 cm³/mol. The van der Waals surface area contributed by atoms with Gasteiger partial charge in [-0.3, -0.25) is 0 Å². The van der Waals surface area contributed by atoms with E-state index in [1.807, 2.05) is 26.8 Å². The molecule has 1 rings (SSSR count). The van der Waals surface area contributed by atoms with Crippen molar-refractivity contribution in [2.24, 2.45) is 5.92 Å². The van der Waals surface area contributed by atoms with Crippen LogP contribution in [0.3, 0.4) is 0 Å². The van der Waals surface area contributed by atoms with Crippen molar-refractivity contribution in [2.75, 3.05) is 24.2 Å². The lowest BCUT2D eigenvalue weighted by Gasteiger charge is -2.09. The maximum Gasteiger partial charge on any atom is 0.130 e. The molecule has 90 valence electrons. The Morgan fingerprint density at radius 3 is 2.88 bits per heavy atom. The van der Waals surface area contributed by atoms with Crippen molar-refractivity contribution in [2.45, 2.75) is 25.8 Å². The van der Waals surface area contributed by atoms with Crippen LogP contribution in [0.15, 0.2) is 11.1 Å². The topological polar surface area (TPSA) is 58.0 Å². The van der Waals surface area contributed by atoms with Crippen LogP contribution in [0.4, 0.5) is 5.82 Å². The van der Waals surface area contributed by atoms with Gasteiger partial charge in [0.05, 0.1) is 0 Å². The van der Waals surface area contributed by atoms with Crippen LogP contribution in [0.1, 0.15) is 19.7 Å². The van der Waals surface area contributed by atoms with E-state index in [-0.39, 0.29) is 6.61 Å². The van der Waals surface area contributed by atoms with Crippen LogP contribution in [0, 0.1) is 12.8 Å². The maximum absolute atomic E-state index is 8.95. The van der Waals surface area contributed by atoms with Gasteiger partial charge in [0.25, 0.3) is 0 Å². The minimum Gasteiger partial charge on any atom is -0.396 e.